The first-order valence-electron chi connectivity index (χ1n) is 5.37. The highest BCUT2D eigenvalue weighted by molar-refractivity contribution is 9.10. The highest BCUT2D eigenvalue weighted by atomic mass is 79.9. The van der Waals surface area contributed by atoms with Gasteiger partial charge in [-0.25, -0.2) is 4.79 Å². The van der Waals surface area contributed by atoms with Gasteiger partial charge in [-0.15, -0.1) is 0 Å². The molecule has 7 heteroatoms. The van der Waals surface area contributed by atoms with Crippen LogP contribution in [0, 0.1) is 0 Å². The van der Waals surface area contributed by atoms with Crippen molar-refractivity contribution in [2.45, 2.75) is 20.3 Å². The third-order valence-corrected chi connectivity index (χ3v) is 2.42. The van der Waals surface area contributed by atoms with E-state index in [4.69, 9.17) is 4.84 Å². The average molecular weight is 303 g/mol. The minimum atomic E-state index is -0.261. The fourth-order valence-electron chi connectivity index (χ4n) is 1.03. The van der Waals surface area contributed by atoms with Crippen LogP contribution in [0.1, 0.15) is 26.0 Å². The predicted octanol–water partition coefficient (Wildman–Crippen LogP) is 1.98. The van der Waals surface area contributed by atoms with Gasteiger partial charge in [0.15, 0.2) is 0 Å². The molecule has 0 fully saturated rings. The van der Waals surface area contributed by atoms with E-state index in [1.54, 1.807) is 6.20 Å². The molecule has 6 nitrogen and oxygen atoms in total. The van der Waals surface area contributed by atoms with Crippen LogP contribution in [0.3, 0.4) is 0 Å². The van der Waals surface area contributed by atoms with E-state index in [2.05, 4.69) is 31.5 Å². The standard InChI is InChI=1S/C10H15BrN4O2/c1-3-5-12-10(16)15-7-8(11)9(14-15)6-13-17-4-2/h6-7H,3-5H2,1-2H3,(H,12,16)/b13-6+. The molecule has 1 aromatic rings. The van der Waals surface area contributed by atoms with Gasteiger partial charge in [0.25, 0.3) is 0 Å². The van der Waals surface area contributed by atoms with Crippen LogP contribution in [0.4, 0.5) is 4.79 Å². The van der Waals surface area contributed by atoms with Crippen molar-refractivity contribution in [2.75, 3.05) is 13.2 Å². The predicted molar refractivity (Wildman–Crippen MR) is 68.2 cm³/mol. The summed E-state index contributed by atoms with van der Waals surface area (Å²) in [6.07, 6.45) is 3.92. The summed E-state index contributed by atoms with van der Waals surface area (Å²) in [7, 11) is 0. The van der Waals surface area contributed by atoms with E-state index >= 15 is 0 Å². The first-order chi connectivity index (χ1) is 8.19. The Morgan fingerprint density at radius 2 is 2.47 bits per heavy atom. The summed E-state index contributed by atoms with van der Waals surface area (Å²) >= 11 is 3.30. The van der Waals surface area contributed by atoms with Crippen LogP contribution in [0.5, 0.6) is 0 Å². The summed E-state index contributed by atoms with van der Waals surface area (Å²) < 4.78 is 1.92. The lowest BCUT2D eigenvalue weighted by atomic mass is 10.5. The molecule has 0 aliphatic rings. The number of nitrogens with one attached hydrogen (secondary N) is 1. The van der Waals surface area contributed by atoms with Gasteiger partial charge < -0.3 is 10.2 Å². The number of nitrogens with zero attached hydrogens (tertiary/aromatic N) is 3. The van der Waals surface area contributed by atoms with Crippen molar-refractivity contribution in [2.24, 2.45) is 5.16 Å². The monoisotopic (exact) mass is 302 g/mol. The molecular formula is C10H15BrN4O2. The molecule has 1 aromatic heterocycles. The van der Waals surface area contributed by atoms with Gasteiger partial charge in [0, 0.05) is 6.54 Å². The molecule has 1 amide bonds. The molecule has 1 heterocycles. The second-order valence-corrected chi connectivity index (χ2v) is 4.05. The molecule has 0 aliphatic heterocycles. The fourth-order valence-corrected chi connectivity index (χ4v) is 1.41. The van der Waals surface area contributed by atoms with E-state index in [0.29, 0.717) is 23.3 Å². The van der Waals surface area contributed by atoms with Gasteiger partial charge in [-0.05, 0) is 29.3 Å². The maximum absolute atomic E-state index is 11.6. The maximum Gasteiger partial charge on any atom is 0.342 e. The molecule has 0 unspecified atom stereocenters. The molecule has 1 N–H and O–H groups in total. The van der Waals surface area contributed by atoms with E-state index in [0.717, 1.165) is 6.42 Å². The highest BCUT2D eigenvalue weighted by Gasteiger charge is 2.09. The molecule has 0 aromatic carbocycles. The Balaban J connectivity index is 2.70. The molecule has 0 saturated carbocycles. The Hall–Kier alpha value is -1.37. The molecule has 0 atom stereocenters. The van der Waals surface area contributed by atoms with E-state index in [9.17, 15) is 4.79 Å². The molecule has 0 bridgehead atoms. The van der Waals surface area contributed by atoms with Crippen LogP contribution in [-0.4, -0.2) is 35.2 Å². The largest absolute Gasteiger partial charge is 0.396 e. The lowest BCUT2D eigenvalue weighted by Crippen LogP contribution is -2.29. The van der Waals surface area contributed by atoms with Crippen LogP contribution in [-0.2, 0) is 4.84 Å². The van der Waals surface area contributed by atoms with Gasteiger partial charge in [-0.1, -0.05) is 12.1 Å². The summed E-state index contributed by atoms with van der Waals surface area (Å²) in [5, 5.41) is 10.5. The van der Waals surface area contributed by atoms with Crippen LogP contribution in [0.15, 0.2) is 15.8 Å². The van der Waals surface area contributed by atoms with Gasteiger partial charge in [0.05, 0.1) is 16.9 Å². The van der Waals surface area contributed by atoms with Crippen LogP contribution in [0.25, 0.3) is 0 Å². The average Bonchev–Trinajstić information content (AvgIpc) is 2.68. The molecule has 94 valence electrons. The van der Waals surface area contributed by atoms with Crippen molar-refractivity contribution in [1.82, 2.24) is 15.1 Å². The summed E-state index contributed by atoms with van der Waals surface area (Å²) in [5.74, 6) is 0. The fraction of sp³-hybridized carbons (Fsp3) is 0.500. The van der Waals surface area contributed by atoms with Crippen LogP contribution < -0.4 is 5.32 Å². The van der Waals surface area contributed by atoms with E-state index in [-0.39, 0.29) is 6.03 Å². The van der Waals surface area contributed by atoms with Gasteiger partial charge in [0.2, 0.25) is 0 Å². The summed E-state index contributed by atoms with van der Waals surface area (Å²) in [4.78, 5) is 16.4. The molecular weight excluding hydrogens is 288 g/mol. The highest BCUT2D eigenvalue weighted by Crippen LogP contribution is 2.12. The van der Waals surface area contributed by atoms with Gasteiger partial charge in [0.1, 0.15) is 12.3 Å². The number of carbonyl (C=O) groups excluding carboxylic acids is 1. The lowest BCUT2D eigenvalue weighted by Gasteiger charge is -2.01. The number of amides is 1. The van der Waals surface area contributed by atoms with E-state index < -0.39 is 0 Å². The smallest absolute Gasteiger partial charge is 0.342 e. The number of carbonyl (C=O) groups is 1. The molecule has 0 saturated heterocycles. The van der Waals surface area contributed by atoms with Gasteiger partial charge in [-0.3, -0.25) is 0 Å². The number of hydrogen-bond acceptors (Lipinski definition) is 4. The zero-order valence-corrected chi connectivity index (χ0v) is 11.4. The number of halogens is 1. The molecule has 0 radical (unpaired) electrons. The number of aromatic nitrogens is 2. The van der Waals surface area contributed by atoms with E-state index in [1.807, 2.05) is 13.8 Å². The SMILES string of the molecule is CCCNC(=O)n1cc(Br)c(/C=N/OCC)n1. The van der Waals surface area contributed by atoms with Crippen molar-refractivity contribution >= 4 is 28.2 Å². The Labute approximate surface area is 108 Å². The van der Waals surface area contributed by atoms with Gasteiger partial charge in [-0.2, -0.15) is 9.78 Å². The van der Waals surface area contributed by atoms with Crippen molar-refractivity contribution in [3.8, 4) is 0 Å². The minimum absolute atomic E-state index is 0.261. The maximum atomic E-state index is 11.6. The summed E-state index contributed by atoms with van der Waals surface area (Å²) in [6.45, 7) is 4.94. The number of hydrogen-bond donors (Lipinski definition) is 1. The van der Waals surface area contributed by atoms with Crippen molar-refractivity contribution in [1.29, 1.82) is 0 Å². The van der Waals surface area contributed by atoms with Crippen molar-refractivity contribution in [3.63, 3.8) is 0 Å². The van der Waals surface area contributed by atoms with Crippen LogP contribution in [0.2, 0.25) is 0 Å². The second kappa shape index (κ2) is 7.05. The number of rotatable bonds is 5. The third-order valence-electron chi connectivity index (χ3n) is 1.81. The molecule has 0 spiro atoms. The van der Waals surface area contributed by atoms with Crippen molar-refractivity contribution < 1.29 is 9.63 Å². The zero-order chi connectivity index (χ0) is 12.7. The lowest BCUT2D eigenvalue weighted by molar-refractivity contribution is 0.160. The van der Waals surface area contributed by atoms with Crippen LogP contribution >= 0.6 is 15.9 Å². The van der Waals surface area contributed by atoms with Crippen molar-refractivity contribution in [3.05, 3.63) is 16.4 Å². The molecule has 0 aliphatic carbocycles. The second-order valence-electron chi connectivity index (χ2n) is 3.19. The van der Waals surface area contributed by atoms with Gasteiger partial charge >= 0.3 is 6.03 Å². The summed E-state index contributed by atoms with van der Waals surface area (Å²) in [5.41, 5.74) is 0.546. The minimum Gasteiger partial charge on any atom is -0.396 e. The molecule has 1 rings (SSSR count). The molecule has 17 heavy (non-hydrogen) atoms. The first kappa shape index (κ1) is 13.7. The Morgan fingerprint density at radius 3 is 3.12 bits per heavy atom. The van der Waals surface area contributed by atoms with E-state index in [1.165, 1.54) is 10.9 Å². The topological polar surface area (TPSA) is 68.5 Å². The Kier molecular flexibility index (Phi) is 5.68. The third kappa shape index (κ3) is 4.18. The Morgan fingerprint density at radius 1 is 1.71 bits per heavy atom. The zero-order valence-electron chi connectivity index (χ0n) is 9.81. The summed E-state index contributed by atoms with van der Waals surface area (Å²) in [6, 6.07) is -0.261. The number of oxime groups is 1. The quantitative estimate of drug-likeness (QED) is 0.668. The normalized spacial score (nSPS) is 10.8. The first-order valence-corrected chi connectivity index (χ1v) is 6.17. The Bertz CT molecular complexity index is 403.